The fourth-order valence-corrected chi connectivity index (χ4v) is 4.02. The fourth-order valence-electron chi connectivity index (χ4n) is 2.73. The fraction of sp³-hybridized carbons (Fsp3) is 0.444. The van der Waals surface area contributed by atoms with Crippen molar-refractivity contribution in [2.45, 2.75) is 11.3 Å². The van der Waals surface area contributed by atoms with Crippen LogP contribution in [0.15, 0.2) is 41.3 Å². The van der Waals surface area contributed by atoms with Crippen molar-refractivity contribution in [2.75, 3.05) is 53.2 Å². The summed E-state index contributed by atoms with van der Waals surface area (Å²) >= 11 is 0. The Hall–Kier alpha value is -1.63. The second-order valence-electron chi connectivity index (χ2n) is 7.29. The maximum atomic E-state index is 12.7. The normalized spacial score (nSPS) is 12.5. The Balaban J connectivity index is 2.29. The lowest BCUT2D eigenvalue weighted by Crippen LogP contribution is -2.37. The molecule has 0 unspecified atom stereocenters. The average Bonchev–Trinajstić information content (AvgIpc) is 2.49. The monoisotopic (exact) mass is 350 g/mol. The van der Waals surface area contributed by atoms with Crippen LogP contribution in [0.2, 0.25) is 0 Å². The highest BCUT2D eigenvalue weighted by Crippen LogP contribution is 2.29. The summed E-state index contributed by atoms with van der Waals surface area (Å²) in [7, 11) is 6.69. The predicted octanol–water partition coefficient (Wildman–Crippen LogP) is 2.28. The lowest BCUT2D eigenvalue weighted by atomic mass is 10.1. The molecule has 0 radical (unpaired) electrons. The van der Waals surface area contributed by atoms with E-state index >= 15 is 0 Å². The number of quaternary nitrogens is 1. The Labute approximate surface area is 145 Å². The van der Waals surface area contributed by atoms with Gasteiger partial charge in [0.2, 0.25) is 10.0 Å². The van der Waals surface area contributed by atoms with Gasteiger partial charge in [0.15, 0.2) is 0 Å². The summed E-state index contributed by atoms with van der Waals surface area (Å²) in [5.41, 5.74) is 1.01. The maximum Gasteiger partial charge on any atom is 0.241 e. The largest absolute Gasteiger partial charge is 0.377 e. The van der Waals surface area contributed by atoms with Crippen molar-refractivity contribution in [3.8, 4) is 0 Å². The highest BCUT2D eigenvalue weighted by Gasteiger charge is 2.18. The molecule has 24 heavy (non-hydrogen) atoms. The molecule has 0 atom stereocenters. The van der Waals surface area contributed by atoms with Crippen LogP contribution >= 0.6 is 0 Å². The standard InChI is InChI=1S/C18H28N3O2S/c1-20(2)17-11-6-10-16-15(17)9-7-12-18(16)24(22,23)19-13-8-14-21(3,4)5/h6-7,9-12,19H,8,13-14H2,1-5H3/q+1. The summed E-state index contributed by atoms with van der Waals surface area (Å²) in [5.74, 6) is 0. The Morgan fingerprint density at radius 3 is 2.25 bits per heavy atom. The molecule has 0 aromatic heterocycles. The molecule has 0 saturated carbocycles. The van der Waals surface area contributed by atoms with Crippen molar-refractivity contribution in [1.82, 2.24) is 4.72 Å². The van der Waals surface area contributed by atoms with Gasteiger partial charge in [-0.15, -0.1) is 0 Å². The number of hydrogen-bond acceptors (Lipinski definition) is 3. The van der Waals surface area contributed by atoms with Crippen LogP contribution in [0.3, 0.4) is 0 Å². The van der Waals surface area contributed by atoms with Gasteiger partial charge in [-0.2, -0.15) is 0 Å². The van der Waals surface area contributed by atoms with Gasteiger partial charge in [-0.25, -0.2) is 13.1 Å². The zero-order chi connectivity index (χ0) is 18.0. The van der Waals surface area contributed by atoms with Crippen LogP contribution in [-0.2, 0) is 10.0 Å². The zero-order valence-electron chi connectivity index (χ0n) is 15.2. The van der Waals surface area contributed by atoms with Crippen molar-refractivity contribution in [2.24, 2.45) is 0 Å². The molecular weight excluding hydrogens is 322 g/mol. The Kier molecular flexibility index (Phi) is 5.52. The van der Waals surface area contributed by atoms with Gasteiger partial charge in [0.25, 0.3) is 0 Å². The Bertz CT molecular complexity index is 809. The molecule has 0 spiro atoms. The van der Waals surface area contributed by atoms with Crippen molar-refractivity contribution in [3.63, 3.8) is 0 Å². The summed E-state index contributed by atoms with van der Waals surface area (Å²) < 4.78 is 29.0. The first-order valence-corrected chi connectivity index (χ1v) is 9.59. The number of sulfonamides is 1. The highest BCUT2D eigenvalue weighted by molar-refractivity contribution is 7.89. The molecule has 0 aliphatic heterocycles. The molecule has 132 valence electrons. The van der Waals surface area contributed by atoms with E-state index in [2.05, 4.69) is 25.9 Å². The minimum atomic E-state index is -3.52. The third-order valence-electron chi connectivity index (χ3n) is 3.93. The number of benzene rings is 2. The molecule has 2 rings (SSSR count). The summed E-state index contributed by atoms with van der Waals surface area (Å²) in [6.07, 6.45) is 0.802. The summed E-state index contributed by atoms with van der Waals surface area (Å²) in [4.78, 5) is 2.34. The minimum absolute atomic E-state index is 0.342. The van der Waals surface area contributed by atoms with E-state index in [-0.39, 0.29) is 0 Å². The molecule has 0 bridgehead atoms. The molecule has 2 aromatic carbocycles. The molecule has 0 fully saturated rings. The number of fused-ring (bicyclic) bond motifs is 1. The summed E-state index contributed by atoms with van der Waals surface area (Å²) in [6, 6.07) is 11.2. The van der Waals surface area contributed by atoms with Gasteiger partial charge >= 0.3 is 0 Å². The first-order chi connectivity index (χ1) is 11.1. The number of nitrogens with one attached hydrogen (secondary N) is 1. The molecule has 0 amide bonds. The smallest absolute Gasteiger partial charge is 0.241 e. The van der Waals surface area contributed by atoms with Gasteiger partial charge in [0.1, 0.15) is 0 Å². The van der Waals surface area contributed by atoms with E-state index < -0.39 is 10.0 Å². The van der Waals surface area contributed by atoms with E-state index in [9.17, 15) is 8.42 Å². The van der Waals surface area contributed by atoms with Crippen molar-refractivity contribution in [3.05, 3.63) is 36.4 Å². The predicted molar refractivity (Wildman–Crippen MR) is 101 cm³/mol. The van der Waals surface area contributed by atoms with Crippen LogP contribution < -0.4 is 9.62 Å². The van der Waals surface area contributed by atoms with E-state index in [1.807, 2.05) is 43.3 Å². The van der Waals surface area contributed by atoms with E-state index in [1.54, 1.807) is 12.1 Å². The van der Waals surface area contributed by atoms with E-state index in [0.717, 1.165) is 33.9 Å². The second-order valence-corrected chi connectivity index (χ2v) is 9.02. The first-order valence-electron chi connectivity index (χ1n) is 8.11. The minimum Gasteiger partial charge on any atom is -0.377 e. The molecule has 0 heterocycles. The van der Waals surface area contributed by atoms with E-state index in [4.69, 9.17) is 0 Å². The zero-order valence-corrected chi connectivity index (χ0v) is 16.0. The van der Waals surface area contributed by atoms with Gasteiger partial charge in [-0.1, -0.05) is 24.3 Å². The Morgan fingerprint density at radius 1 is 1.00 bits per heavy atom. The van der Waals surface area contributed by atoms with Gasteiger partial charge in [0.05, 0.1) is 32.6 Å². The van der Waals surface area contributed by atoms with E-state index in [1.165, 1.54) is 0 Å². The van der Waals surface area contributed by atoms with Gasteiger partial charge in [-0.05, 0) is 12.1 Å². The van der Waals surface area contributed by atoms with Crippen LogP contribution in [0.5, 0.6) is 0 Å². The molecule has 6 heteroatoms. The molecule has 0 aliphatic rings. The second kappa shape index (κ2) is 7.09. The molecule has 5 nitrogen and oxygen atoms in total. The topological polar surface area (TPSA) is 49.4 Å². The van der Waals surface area contributed by atoms with Gasteiger partial charge in [-0.3, -0.25) is 0 Å². The molecule has 0 saturated heterocycles. The van der Waals surface area contributed by atoms with Crippen LogP contribution in [0.25, 0.3) is 10.8 Å². The molecule has 2 aromatic rings. The lowest BCUT2D eigenvalue weighted by molar-refractivity contribution is -0.870. The third kappa shape index (κ3) is 4.47. The van der Waals surface area contributed by atoms with Crippen LogP contribution in [0.1, 0.15) is 6.42 Å². The number of hydrogen-bond donors (Lipinski definition) is 1. The van der Waals surface area contributed by atoms with Crippen molar-refractivity contribution < 1.29 is 12.9 Å². The lowest BCUT2D eigenvalue weighted by Gasteiger charge is -2.23. The van der Waals surface area contributed by atoms with E-state index in [0.29, 0.717) is 11.4 Å². The van der Waals surface area contributed by atoms with Crippen molar-refractivity contribution in [1.29, 1.82) is 0 Å². The van der Waals surface area contributed by atoms with Crippen molar-refractivity contribution >= 4 is 26.5 Å². The van der Waals surface area contributed by atoms with Gasteiger partial charge < -0.3 is 9.38 Å². The number of anilines is 1. The molecular formula is C18H28N3O2S+. The third-order valence-corrected chi connectivity index (χ3v) is 5.45. The molecule has 0 aliphatic carbocycles. The number of rotatable bonds is 7. The first kappa shape index (κ1) is 18.7. The SMILES string of the molecule is CN(C)c1cccc2c(S(=O)(=O)NCCC[N+](C)(C)C)cccc12. The van der Waals surface area contributed by atoms with Crippen LogP contribution in [0.4, 0.5) is 5.69 Å². The molecule has 1 N–H and O–H groups in total. The Morgan fingerprint density at radius 2 is 1.62 bits per heavy atom. The maximum absolute atomic E-state index is 12.7. The number of nitrogens with zero attached hydrogens (tertiary/aromatic N) is 2. The van der Waals surface area contributed by atoms with Crippen LogP contribution in [-0.4, -0.2) is 61.2 Å². The van der Waals surface area contributed by atoms with Crippen LogP contribution in [0, 0.1) is 0 Å². The highest BCUT2D eigenvalue weighted by atomic mass is 32.2. The summed E-state index contributed by atoms with van der Waals surface area (Å²) in [5, 5.41) is 1.69. The average molecular weight is 351 g/mol. The quantitative estimate of drug-likeness (QED) is 0.616. The van der Waals surface area contributed by atoms with Gasteiger partial charge in [0, 0.05) is 43.5 Å². The summed E-state index contributed by atoms with van der Waals surface area (Å²) in [6.45, 7) is 1.37.